The monoisotopic (exact) mass is 523 g/mol. The van der Waals surface area contributed by atoms with Gasteiger partial charge in [0.1, 0.15) is 0 Å². The highest BCUT2D eigenvalue weighted by molar-refractivity contribution is 9.10. The Morgan fingerprint density at radius 1 is 1.06 bits per heavy atom. The van der Waals surface area contributed by atoms with Crippen molar-refractivity contribution in [2.75, 3.05) is 18.2 Å². The number of esters is 1. The molecule has 1 N–H and O–H groups in total. The molecule has 1 amide bonds. The van der Waals surface area contributed by atoms with Gasteiger partial charge in [-0.1, -0.05) is 27.7 Å². The SMILES string of the molecule is COC(=O)c1ccc(NC(=O)CSc2nnc(-c3cccnc3)n2-c2ccc(Br)cc2)cc1. The number of methoxy groups -OCH3 is 1. The maximum atomic E-state index is 12.5. The number of carbonyl (C=O) groups is 2. The fourth-order valence-electron chi connectivity index (χ4n) is 3.00. The molecule has 0 saturated carbocycles. The van der Waals surface area contributed by atoms with Crippen molar-refractivity contribution in [1.82, 2.24) is 19.7 Å². The highest BCUT2D eigenvalue weighted by atomic mass is 79.9. The molecule has 0 aliphatic rings. The van der Waals surface area contributed by atoms with Gasteiger partial charge in [0, 0.05) is 33.8 Å². The van der Waals surface area contributed by atoms with Crippen molar-refractivity contribution in [2.45, 2.75) is 5.16 Å². The maximum Gasteiger partial charge on any atom is 0.337 e. The van der Waals surface area contributed by atoms with Gasteiger partial charge in [0.15, 0.2) is 11.0 Å². The number of ether oxygens (including phenoxy) is 1. The zero-order valence-electron chi connectivity index (χ0n) is 17.4. The van der Waals surface area contributed by atoms with Gasteiger partial charge in [0.05, 0.1) is 18.4 Å². The number of hydrogen-bond donors (Lipinski definition) is 1. The van der Waals surface area contributed by atoms with Crippen LogP contribution in [0.25, 0.3) is 17.1 Å². The lowest BCUT2D eigenvalue weighted by Crippen LogP contribution is -2.14. The van der Waals surface area contributed by atoms with E-state index in [0.29, 0.717) is 22.2 Å². The maximum absolute atomic E-state index is 12.5. The van der Waals surface area contributed by atoms with Gasteiger partial charge in [-0.25, -0.2) is 4.79 Å². The van der Waals surface area contributed by atoms with Crippen LogP contribution < -0.4 is 5.32 Å². The Balaban J connectivity index is 1.52. The molecule has 2 heterocycles. The molecule has 0 spiro atoms. The van der Waals surface area contributed by atoms with E-state index in [2.05, 4.69) is 41.2 Å². The van der Waals surface area contributed by atoms with E-state index in [9.17, 15) is 9.59 Å². The minimum absolute atomic E-state index is 0.125. The third-order valence-corrected chi connectivity index (χ3v) is 6.02. The van der Waals surface area contributed by atoms with Crippen molar-refractivity contribution in [3.63, 3.8) is 0 Å². The fourth-order valence-corrected chi connectivity index (χ4v) is 4.02. The quantitative estimate of drug-likeness (QED) is 0.279. The van der Waals surface area contributed by atoms with Gasteiger partial charge in [-0.05, 0) is 60.7 Å². The molecular formula is C23H18BrN5O3S. The summed E-state index contributed by atoms with van der Waals surface area (Å²) in [4.78, 5) is 28.3. The molecule has 10 heteroatoms. The van der Waals surface area contributed by atoms with Crippen LogP contribution in [0.2, 0.25) is 0 Å². The van der Waals surface area contributed by atoms with E-state index in [1.54, 1.807) is 36.7 Å². The predicted octanol–water partition coefficient (Wildman–Crippen LogP) is 4.61. The molecule has 0 bridgehead atoms. The zero-order chi connectivity index (χ0) is 23.2. The number of benzene rings is 2. The Labute approximate surface area is 202 Å². The highest BCUT2D eigenvalue weighted by Gasteiger charge is 2.17. The summed E-state index contributed by atoms with van der Waals surface area (Å²) in [6.07, 6.45) is 3.42. The molecule has 0 atom stereocenters. The topological polar surface area (TPSA) is 99.0 Å². The average molecular weight is 524 g/mol. The Morgan fingerprint density at radius 3 is 2.48 bits per heavy atom. The number of pyridine rings is 1. The minimum atomic E-state index is -0.430. The van der Waals surface area contributed by atoms with Crippen LogP contribution in [0.5, 0.6) is 0 Å². The lowest BCUT2D eigenvalue weighted by Gasteiger charge is -2.11. The summed E-state index contributed by atoms with van der Waals surface area (Å²) in [5.74, 6) is 0.117. The first-order chi connectivity index (χ1) is 16.0. The molecule has 2 aromatic carbocycles. The number of hydrogen-bond acceptors (Lipinski definition) is 7. The van der Waals surface area contributed by atoms with Gasteiger partial charge >= 0.3 is 5.97 Å². The summed E-state index contributed by atoms with van der Waals surface area (Å²) in [6, 6.07) is 18.0. The van der Waals surface area contributed by atoms with E-state index in [-0.39, 0.29) is 11.7 Å². The minimum Gasteiger partial charge on any atom is -0.465 e. The predicted molar refractivity (Wildman–Crippen MR) is 129 cm³/mol. The third kappa shape index (κ3) is 5.47. The van der Waals surface area contributed by atoms with Gasteiger partial charge in [-0.3, -0.25) is 14.3 Å². The lowest BCUT2D eigenvalue weighted by atomic mass is 10.2. The van der Waals surface area contributed by atoms with E-state index in [0.717, 1.165) is 15.7 Å². The second kappa shape index (κ2) is 10.4. The lowest BCUT2D eigenvalue weighted by molar-refractivity contribution is -0.113. The Hall–Kier alpha value is -3.50. The Morgan fingerprint density at radius 2 is 1.82 bits per heavy atom. The van der Waals surface area contributed by atoms with Gasteiger partial charge in [-0.15, -0.1) is 10.2 Å². The number of halogens is 1. The van der Waals surface area contributed by atoms with Crippen molar-refractivity contribution in [1.29, 1.82) is 0 Å². The van der Waals surface area contributed by atoms with Crippen molar-refractivity contribution in [3.8, 4) is 17.1 Å². The number of nitrogens with zero attached hydrogens (tertiary/aromatic N) is 4. The van der Waals surface area contributed by atoms with E-state index < -0.39 is 5.97 Å². The number of aromatic nitrogens is 4. The molecule has 0 radical (unpaired) electrons. The largest absolute Gasteiger partial charge is 0.465 e. The molecule has 4 rings (SSSR count). The summed E-state index contributed by atoms with van der Waals surface area (Å²) in [5, 5.41) is 12.1. The molecule has 33 heavy (non-hydrogen) atoms. The number of nitrogens with one attached hydrogen (secondary N) is 1. The molecule has 8 nitrogen and oxygen atoms in total. The van der Waals surface area contributed by atoms with Crippen LogP contribution in [0.3, 0.4) is 0 Å². The van der Waals surface area contributed by atoms with Crippen molar-refractivity contribution in [3.05, 3.63) is 83.1 Å². The van der Waals surface area contributed by atoms with Crippen molar-refractivity contribution < 1.29 is 14.3 Å². The summed E-state index contributed by atoms with van der Waals surface area (Å²) >= 11 is 4.73. The average Bonchev–Trinajstić information content (AvgIpc) is 3.28. The number of thioether (sulfide) groups is 1. The van der Waals surface area contributed by atoms with E-state index in [1.165, 1.54) is 18.9 Å². The normalized spacial score (nSPS) is 10.6. The second-order valence-corrected chi connectivity index (χ2v) is 8.62. The van der Waals surface area contributed by atoms with E-state index >= 15 is 0 Å². The molecule has 0 fully saturated rings. The van der Waals surface area contributed by atoms with Crippen LogP contribution in [0, 0.1) is 0 Å². The second-order valence-electron chi connectivity index (χ2n) is 6.77. The molecule has 2 aromatic heterocycles. The molecule has 166 valence electrons. The standard InChI is InChI=1S/C23H18BrN5O3S/c1-32-22(31)15-4-8-18(9-5-15)26-20(30)14-33-23-28-27-21(16-3-2-12-25-13-16)29(23)19-10-6-17(24)7-11-19/h2-13H,14H2,1H3,(H,26,30). The number of carbonyl (C=O) groups excluding carboxylic acids is 2. The molecule has 0 aliphatic carbocycles. The van der Waals surface area contributed by atoms with Gasteiger partial charge in [0.2, 0.25) is 5.91 Å². The van der Waals surface area contributed by atoms with E-state index in [4.69, 9.17) is 0 Å². The third-order valence-electron chi connectivity index (χ3n) is 4.56. The Kier molecular flexibility index (Phi) is 7.16. The summed E-state index contributed by atoms with van der Waals surface area (Å²) in [7, 11) is 1.32. The molecule has 0 aliphatic heterocycles. The number of amides is 1. The van der Waals surface area contributed by atoms with Gasteiger partial charge in [0.25, 0.3) is 0 Å². The molecule has 0 unspecified atom stereocenters. The van der Waals surface area contributed by atoms with Gasteiger partial charge < -0.3 is 10.1 Å². The van der Waals surface area contributed by atoms with Crippen LogP contribution in [0.1, 0.15) is 10.4 Å². The van der Waals surface area contributed by atoms with Crippen molar-refractivity contribution >= 4 is 45.3 Å². The van der Waals surface area contributed by atoms with E-state index in [1.807, 2.05) is 41.0 Å². The summed E-state index contributed by atoms with van der Waals surface area (Å²) in [5.41, 5.74) is 2.67. The number of rotatable bonds is 7. The molecule has 4 aromatic rings. The van der Waals surface area contributed by atoms with Gasteiger partial charge in [-0.2, -0.15) is 0 Å². The first kappa shape index (κ1) is 22.7. The first-order valence-electron chi connectivity index (χ1n) is 9.78. The molecule has 0 saturated heterocycles. The smallest absolute Gasteiger partial charge is 0.337 e. The van der Waals surface area contributed by atoms with Crippen molar-refractivity contribution in [2.24, 2.45) is 0 Å². The first-order valence-corrected chi connectivity index (χ1v) is 11.6. The van der Waals surface area contributed by atoms with Crippen LogP contribution in [0.4, 0.5) is 5.69 Å². The van der Waals surface area contributed by atoms with Crippen LogP contribution in [0.15, 0.2) is 82.7 Å². The molecular weight excluding hydrogens is 506 g/mol. The van der Waals surface area contributed by atoms with Crippen LogP contribution in [-0.4, -0.2) is 44.5 Å². The number of anilines is 1. The van der Waals surface area contributed by atoms with Crippen LogP contribution in [-0.2, 0) is 9.53 Å². The van der Waals surface area contributed by atoms with Crippen LogP contribution >= 0.6 is 27.7 Å². The zero-order valence-corrected chi connectivity index (χ0v) is 19.8. The highest BCUT2D eigenvalue weighted by Crippen LogP contribution is 2.28. The Bertz CT molecular complexity index is 1260. The summed E-state index contributed by atoms with van der Waals surface area (Å²) < 4.78 is 7.53. The summed E-state index contributed by atoms with van der Waals surface area (Å²) in [6.45, 7) is 0. The fraction of sp³-hybridized carbons (Fsp3) is 0.0870.